The van der Waals surface area contributed by atoms with E-state index in [-0.39, 0.29) is 17.7 Å². The molecular weight excluding hydrogens is 252 g/mol. The molecule has 0 aliphatic heterocycles. The van der Waals surface area contributed by atoms with E-state index in [0.717, 1.165) is 24.8 Å². The molecule has 1 aliphatic carbocycles. The first kappa shape index (κ1) is 14.5. The maximum Gasteiger partial charge on any atom is 0.306 e. The van der Waals surface area contributed by atoms with E-state index in [1.165, 1.54) is 12.7 Å². The van der Waals surface area contributed by atoms with Crippen LogP contribution in [0.3, 0.4) is 0 Å². The minimum atomic E-state index is -0.237. The highest BCUT2D eigenvalue weighted by atomic mass is 16.5. The van der Waals surface area contributed by atoms with Crippen LogP contribution in [0, 0.1) is 5.92 Å². The van der Waals surface area contributed by atoms with E-state index in [1.54, 1.807) is 0 Å². The standard InChI is InChI=1S/C17H20O3/c1-20-17(19)12-14-10-11-16(18)15(14)9-5-8-13-6-3-2-4-7-13/h2-4,6-7,9,14H,5,8,10-12H2,1H3/b15-9+. The van der Waals surface area contributed by atoms with Gasteiger partial charge in [-0.1, -0.05) is 36.4 Å². The van der Waals surface area contributed by atoms with Gasteiger partial charge in [-0.2, -0.15) is 0 Å². The van der Waals surface area contributed by atoms with E-state index >= 15 is 0 Å². The zero-order chi connectivity index (χ0) is 14.4. The summed E-state index contributed by atoms with van der Waals surface area (Å²) in [7, 11) is 1.39. The van der Waals surface area contributed by atoms with Crippen molar-refractivity contribution < 1.29 is 14.3 Å². The summed E-state index contributed by atoms with van der Waals surface area (Å²) in [4.78, 5) is 23.2. The highest BCUT2D eigenvalue weighted by molar-refractivity contribution is 5.98. The molecule has 1 atom stereocenters. The van der Waals surface area contributed by atoms with Crippen LogP contribution in [-0.4, -0.2) is 18.9 Å². The molecule has 0 bridgehead atoms. The largest absolute Gasteiger partial charge is 0.469 e. The van der Waals surface area contributed by atoms with E-state index < -0.39 is 0 Å². The second-order valence-electron chi connectivity index (χ2n) is 5.12. The van der Waals surface area contributed by atoms with Gasteiger partial charge in [0, 0.05) is 6.42 Å². The number of hydrogen-bond acceptors (Lipinski definition) is 3. The number of rotatable bonds is 5. The summed E-state index contributed by atoms with van der Waals surface area (Å²) in [5, 5.41) is 0. The van der Waals surface area contributed by atoms with Gasteiger partial charge < -0.3 is 4.74 Å². The van der Waals surface area contributed by atoms with Gasteiger partial charge in [0.25, 0.3) is 0 Å². The van der Waals surface area contributed by atoms with Crippen molar-refractivity contribution in [3.05, 3.63) is 47.5 Å². The summed E-state index contributed by atoms with van der Waals surface area (Å²) in [6.07, 6.45) is 5.41. The van der Waals surface area contributed by atoms with Crippen LogP contribution in [0.5, 0.6) is 0 Å². The van der Waals surface area contributed by atoms with Crippen molar-refractivity contribution in [2.24, 2.45) is 5.92 Å². The van der Waals surface area contributed by atoms with Gasteiger partial charge in [-0.25, -0.2) is 0 Å². The second kappa shape index (κ2) is 7.04. The highest BCUT2D eigenvalue weighted by Crippen LogP contribution is 2.31. The number of Topliss-reactive ketones (excluding diaryl/α,β-unsaturated/α-hetero) is 1. The topological polar surface area (TPSA) is 43.4 Å². The number of esters is 1. The maximum absolute atomic E-state index is 11.9. The smallest absolute Gasteiger partial charge is 0.306 e. The molecule has 20 heavy (non-hydrogen) atoms. The lowest BCUT2D eigenvalue weighted by atomic mass is 9.97. The van der Waals surface area contributed by atoms with Gasteiger partial charge in [0.05, 0.1) is 13.5 Å². The molecular formula is C17H20O3. The number of allylic oxidation sites excluding steroid dienone is 2. The Morgan fingerprint density at radius 1 is 1.35 bits per heavy atom. The first-order valence-corrected chi connectivity index (χ1v) is 7.04. The molecule has 106 valence electrons. The van der Waals surface area contributed by atoms with Gasteiger partial charge in [-0.3, -0.25) is 9.59 Å². The van der Waals surface area contributed by atoms with E-state index in [0.29, 0.717) is 12.8 Å². The molecule has 0 radical (unpaired) electrons. The molecule has 1 aromatic carbocycles. The SMILES string of the molecule is COC(=O)CC1CCC(=O)/C1=C/CCc1ccccc1. The van der Waals surface area contributed by atoms with Gasteiger partial charge in [-0.15, -0.1) is 0 Å². The number of carbonyl (C=O) groups excluding carboxylic acids is 2. The molecule has 3 nitrogen and oxygen atoms in total. The molecule has 1 fully saturated rings. The Kier molecular flexibility index (Phi) is 5.10. The van der Waals surface area contributed by atoms with Crippen LogP contribution >= 0.6 is 0 Å². The molecule has 1 aliphatic rings. The molecule has 1 unspecified atom stereocenters. The Morgan fingerprint density at radius 3 is 2.80 bits per heavy atom. The third-order valence-electron chi connectivity index (χ3n) is 3.76. The summed E-state index contributed by atoms with van der Waals surface area (Å²) < 4.78 is 4.69. The fraction of sp³-hybridized carbons (Fsp3) is 0.412. The average Bonchev–Trinajstić information content (AvgIpc) is 2.81. The number of hydrogen-bond donors (Lipinski definition) is 0. The zero-order valence-corrected chi connectivity index (χ0v) is 11.8. The van der Waals surface area contributed by atoms with Gasteiger partial charge >= 0.3 is 5.97 Å². The number of carbonyl (C=O) groups is 2. The molecule has 1 saturated carbocycles. The van der Waals surface area contributed by atoms with E-state index in [4.69, 9.17) is 4.74 Å². The number of ether oxygens (including phenoxy) is 1. The molecule has 0 amide bonds. The van der Waals surface area contributed by atoms with Gasteiger partial charge in [0.1, 0.15) is 0 Å². The summed E-state index contributed by atoms with van der Waals surface area (Å²) in [6, 6.07) is 10.2. The van der Waals surface area contributed by atoms with Crippen molar-refractivity contribution >= 4 is 11.8 Å². The Hall–Kier alpha value is -1.90. The minimum absolute atomic E-state index is 0.0470. The van der Waals surface area contributed by atoms with Crippen LogP contribution in [0.15, 0.2) is 42.0 Å². The third-order valence-corrected chi connectivity index (χ3v) is 3.76. The van der Waals surface area contributed by atoms with E-state index in [9.17, 15) is 9.59 Å². The van der Waals surface area contributed by atoms with Crippen LogP contribution < -0.4 is 0 Å². The van der Waals surface area contributed by atoms with Crippen LogP contribution in [0.25, 0.3) is 0 Å². The zero-order valence-electron chi connectivity index (χ0n) is 11.8. The number of methoxy groups -OCH3 is 1. The second-order valence-corrected chi connectivity index (χ2v) is 5.12. The predicted molar refractivity (Wildman–Crippen MR) is 77.2 cm³/mol. The van der Waals surface area contributed by atoms with Crippen molar-refractivity contribution in [3.63, 3.8) is 0 Å². The molecule has 3 heteroatoms. The molecule has 0 spiro atoms. The Labute approximate surface area is 119 Å². The normalized spacial score (nSPS) is 20.4. The lowest BCUT2D eigenvalue weighted by molar-refractivity contribution is -0.141. The molecule has 0 heterocycles. The highest BCUT2D eigenvalue weighted by Gasteiger charge is 2.29. The molecule has 1 aromatic rings. The number of benzene rings is 1. The van der Waals surface area contributed by atoms with Gasteiger partial charge in [0.15, 0.2) is 5.78 Å². The third kappa shape index (κ3) is 3.80. The summed E-state index contributed by atoms with van der Waals surface area (Å²) in [6.45, 7) is 0. The Morgan fingerprint density at radius 2 is 2.10 bits per heavy atom. The number of aryl methyl sites for hydroxylation is 1. The summed E-state index contributed by atoms with van der Waals surface area (Å²) >= 11 is 0. The molecule has 0 N–H and O–H groups in total. The average molecular weight is 272 g/mol. The Balaban J connectivity index is 1.95. The van der Waals surface area contributed by atoms with Gasteiger partial charge in [0.2, 0.25) is 0 Å². The molecule has 2 rings (SSSR count). The Bertz CT molecular complexity index is 502. The van der Waals surface area contributed by atoms with Crippen molar-refractivity contribution in [2.45, 2.75) is 32.1 Å². The minimum Gasteiger partial charge on any atom is -0.469 e. The fourth-order valence-electron chi connectivity index (χ4n) is 2.65. The lowest BCUT2D eigenvalue weighted by Gasteiger charge is -2.09. The molecule has 0 saturated heterocycles. The van der Waals surface area contributed by atoms with Crippen molar-refractivity contribution in [2.75, 3.05) is 7.11 Å². The maximum atomic E-state index is 11.9. The predicted octanol–water partition coefficient (Wildman–Crippen LogP) is 3.09. The monoisotopic (exact) mass is 272 g/mol. The van der Waals surface area contributed by atoms with Crippen LogP contribution in [0.1, 0.15) is 31.2 Å². The van der Waals surface area contributed by atoms with Crippen LogP contribution in [0.2, 0.25) is 0 Å². The van der Waals surface area contributed by atoms with Crippen LogP contribution in [0.4, 0.5) is 0 Å². The number of ketones is 1. The fourth-order valence-corrected chi connectivity index (χ4v) is 2.65. The van der Waals surface area contributed by atoms with E-state index in [1.807, 2.05) is 24.3 Å². The van der Waals surface area contributed by atoms with Crippen molar-refractivity contribution in [1.29, 1.82) is 0 Å². The quantitative estimate of drug-likeness (QED) is 0.611. The lowest BCUT2D eigenvalue weighted by Crippen LogP contribution is -2.10. The van der Waals surface area contributed by atoms with Crippen molar-refractivity contribution in [1.82, 2.24) is 0 Å². The van der Waals surface area contributed by atoms with Crippen molar-refractivity contribution in [3.8, 4) is 0 Å². The molecule has 0 aromatic heterocycles. The van der Waals surface area contributed by atoms with Gasteiger partial charge in [-0.05, 0) is 36.3 Å². The first-order valence-electron chi connectivity index (χ1n) is 7.04. The summed E-state index contributed by atoms with van der Waals surface area (Å²) in [5.41, 5.74) is 2.09. The first-order chi connectivity index (χ1) is 9.70. The summed E-state index contributed by atoms with van der Waals surface area (Å²) in [5.74, 6) is -0.00338. The van der Waals surface area contributed by atoms with Crippen LogP contribution in [-0.2, 0) is 20.7 Å². The van der Waals surface area contributed by atoms with E-state index in [2.05, 4.69) is 12.1 Å².